The maximum absolute atomic E-state index is 12.6. The molecule has 4 nitrogen and oxygen atoms in total. The largest absolute Gasteiger partial charge is 0.376 e. The van der Waals surface area contributed by atoms with Gasteiger partial charge in [-0.15, -0.1) is 0 Å². The molecule has 0 unspecified atom stereocenters. The molecule has 0 aliphatic heterocycles. The summed E-state index contributed by atoms with van der Waals surface area (Å²) in [5.74, 6) is -0.839. The van der Waals surface area contributed by atoms with Gasteiger partial charge in [-0.25, -0.2) is 4.98 Å². The lowest BCUT2D eigenvalue weighted by atomic mass is 10.2. The molecule has 0 atom stereocenters. The van der Waals surface area contributed by atoms with E-state index in [1.54, 1.807) is 0 Å². The van der Waals surface area contributed by atoms with Crippen LogP contribution in [0.3, 0.4) is 0 Å². The lowest BCUT2D eigenvalue weighted by Crippen LogP contribution is -2.28. The number of ether oxygens (including phenoxy) is 1. The Morgan fingerprint density at radius 3 is 2.89 bits per heavy atom. The number of pyridine rings is 1. The van der Waals surface area contributed by atoms with Gasteiger partial charge >= 0.3 is 0 Å². The molecule has 2 rings (SSSR count). The maximum atomic E-state index is 12.6. The zero-order chi connectivity index (χ0) is 12.8. The molecule has 1 N–H and O–H groups in total. The predicted molar refractivity (Wildman–Crippen MR) is 64.7 cm³/mol. The SMILES string of the molecule is O=C(NCCOC1CCCC1)c1ccc(F)nc1. The first-order valence-corrected chi connectivity index (χ1v) is 6.27. The van der Waals surface area contributed by atoms with Gasteiger partial charge in [0.05, 0.1) is 18.3 Å². The molecule has 1 heterocycles. The number of nitrogens with zero attached hydrogens (tertiary/aromatic N) is 1. The van der Waals surface area contributed by atoms with Crippen LogP contribution in [0.15, 0.2) is 18.3 Å². The summed E-state index contributed by atoms with van der Waals surface area (Å²) in [5.41, 5.74) is 0.359. The van der Waals surface area contributed by atoms with Gasteiger partial charge in [-0.05, 0) is 25.0 Å². The fourth-order valence-electron chi connectivity index (χ4n) is 2.06. The van der Waals surface area contributed by atoms with Crippen LogP contribution in [-0.2, 0) is 4.74 Å². The second-order valence-electron chi connectivity index (χ2n) is 4.40. The molecule has 98 valence electrons. The second kappa shape index (κ2) is 6.44. The maximum Gasteiger partial charge on any atom is 0.252 e. The van der Waals surface area contributed by atoms with Gasteiger partial charge in [0.1, 0.15) is 0 Å². The van der Waals surface area contributed by atoms with Crippen LogP contribution in [0.4, 0.5) is 4.39 Å². The number of hydrogen-bond acceptors (Lipinski definition) is 3. The predicted octanol–water partition coefficient (Wildman–Crippen LogP) is 1.91. The summed E-state index contributed by atoms with van der Waals surface area (Å²) in [7, 11) is 0. The smallest absolute Gasteiger partial charge is 0.252 e. The number of amides is 1. The highest BCUT2D eigenvalue weighted by molar-refractivity contribution is 5.93. The van der Waals surface area contributed by atoms with Crippen molar-refractivity contribution in [3.63, 3.8) is 0 Å². The van der Waals surface area contributed by atoms with Gasteiger partial charge < -0.3 is 10.1 Å². The average molecular weight is 252 g/mol. The van der Waals surface area contributed by atoms with Crippen LogP contribution >= 0.6 is 0 Å². The van der Waals surface area contributed by atoms with Gasteiger partial charge in [0.15, 0.2) is 0 Å². The van der Waals surface area contributed by atoms with Gasteiger partial charge in [0.25, 0.3) is 5.91 Å². The van der Waals surface area contributed by atoms with Crippen molar-refractivity contribution >= 4 is 5.91 Å². The Balaban J connectivity index is 1.66. The highest BCUT2D eigenvalue weighted by Crippen LogP contribution is 2.20. The monoisotopic (exact) mass is 252 g/mol. The van der Waals surface area contributed by atoms with E-state index in [1.165, 1.54) is 31.2 Å². The van der Waals surface area contributed by atoms with Gasteiger partial charge in [0.2, 0.25) is 5.95 Å². The molecular weight excluding hydrogens is 235 g/mol. The molecule has 0 bridgehead atoms. The molecule has 0 saturated heterocycles. The van der Waals surface area contributed by atoms with Gasteiger partial charge in [-0.2, -0.15) is 4.39 Å². The van der Waals surface area contributed by atoms with Gasteiger partial charge in [-0.3, -0.25) is 4.79 Å². The van der Waals surface area contributed by atoms with Crippen molar-refractivity contribution in [3.05, 3.63) is 29.8 Å². The Hall–Kier alpha value is -1.49. The van der Waals surface area contributed by atoms with Crippen molar-refractivity contribution in [2.75, 3.05) is 13.2 Å². The molecule has 1 fully saturated rings. The number of carbonyl (C=O) groups excluding carboxylic acids is 1. The minimum absolute atomic E-state index is 0.252. The molecule has 5 heteroatoms. The van der Waals surface area contributed by atoms with Crippen LogP contribution in [0.25, 0.3) is 0 Å². The van der Waals surface area contributed by atoms with E-state index in [9.17, 15) is 9.18 Å². The van der Waals surface area contributed by atoms with E-state index < -0.39 is 5.95 Å². The van der Waals surface area contributed by atoms with Crippen LogP contribution in [0.1, 0.15) is 36.0 Å². The van der Waals surface area contributed by atoms with Crippen LogP contribution in [0.5, 0.6) is 0 Å². The second-order valence-corrected chi connectivity index (χ2v) is 4.40. The standard InChI is InChI=1S/C13H17FN2O2/c14-12-6-5-10(9-16-12)13(17)15-7-8-18-11-3-1-2-4-11/h5-6,9,11H,1-4,7-8H2,(H,15,17). The molecular formula is C13H17FN2O2. The molecule has 1 aliphatic carbocycles. The lowest BCUT2D eigenvalue weighted by molar-refractivity contribution is 0.0582. The zero-order valence-corrected chi connectivity index (χ0v) is 10.2. The molecule has 0 radical (unpaired) electrons. The number of nitrogens with one attached hydrogen (secondary N) is 1. The molecule has 1 aromatic rings. The molecule has 0 spiro atoms. The molecule has 18 heavy (non-hydrogen) atoms. The Bertz CT molecular complexity index is 388. The van der Waals surface area contributed by atoms with E-state index >= 15 is 0 Å². The third-order valence-corrected chi connectivity index (χ3v) is 3.03. The van der Waals surface area contributed by atoms with Crippen molar-refractivity contribution in [1.29, 1.82) is 0 Å². The van der Waals surface area contributed by atoms with Crippen molar-refractivity contribution in [2.24, 2.45) is 0 Å². The Morgan fingerprint density at radius 1 is 1.44 bits per heavy atom. The highest BCUT2D eigenvalue weighted by atomic mass is 19.1. The van der Waals surface area contributed by atoms with Crippen molar-refractivity contribution in [3.8, 4) is 0 Å². The van der Waals surface area contributed by atoms with Gasteiger partial charge in [-0.1, -0.05) is 12.8 Å². The molecule has 1 saturated carbocycles. The van der Waals surface area contributed by atoms with Crippen LogP contribution in [-0.4, -0.2) is 30.1 Å². The summed E-state index contributed by atoms with van der Waals surface area (Å²) in [6, 6.07) is 2.58. The first-order valence-electron chi connectivity index (χ1n) is 6.27. The minimum atomic E-state index is -0.587. The van der Waals surface area contributed by atoms with E-state index in [2.05, 4.69) is 10.3 Å². The summed E-state index contributed by atoms with van der Waals surface area (Å²) < 4.78 is 18.2. The van der Waals surface area contributed by atoms with E-state index in [1.807, 2.05) is 0 Å². The third kappa shape index (κ3) is 3.77. The molecule has 1 aliphatic rings. The Labute approximate surface area is 106 Å². The number of hydrogen-bond donors (Lipinski definition) is 1. The molecule has 1 amide bonds. The summed E-state index contributed by atoms with van der Waals surface area (Å²) in [5, 5.41) is 2.72. The van der Waals surface area contributed by atoms with Crippen molar-refractivity contribution < 1.29 is 13.9 Å². The van der Waals surface area contributed by atoms with E-state index in [4.69, 9.17) is 4.74 Å². The first-order chi connectivity index (χ1) is 8.75. The van der Waals surface area contributed by atoms with Crippen LogP contribution in [0, 0.1) is 5.95 Å². The quantitative estimate of drug-likeness (QED) is 0.643. The van der Waals surface area contributed by atoms with E-state index in [0.29, 0.717) is 24.8 Å². The van der Waals surface area contributed by atoms with Crippen LogP contribution in [0.2, 0.25) is 0 Å². The fraction of sp³-hybridized carbons (Fsp3) is 0.538. The summed E-state index contributed by atoms with van der Waals surface area (Å²) in [6.45, 7) is 0.984. The Kier molecular flexibility index (Phi) is 4.64. The summed E-state index contributed by atoms with van der Waals surface area (Å²) in [4.78, 5) is 15.1. The number of rotatable bonds is 5. The zero-order valence-electron chi connectivity index (χ0n) is 10.2. The third-order valence-electron chi connectivity index (χ3n) is 3.03. The van der Waals surface area contributed by atoms with Crippen LogP contribution < -0.4 is 5.32 Å². The summed E-state index contributed by atoms with van der Waals surface area (Å²) in [6.07, 6.45) is 6.29. The fourth-order valence-corrected chi connectivity index (χ4v) is 2.06. The lowest BCUT2D eigenvalue weighted by Gasteiger charge is -2.11. The van der Waals surface area contributed by atoms with Gasteiger partial charge in [0, 0.05) is 12.7 Å². The number of carbonyl (C=O) groups is 1. The molecule has 1 aromatic heterocycles. The number of halogens is 1. The van der Waals surface area contributed by atoms with E-state index in [0.717, 1.165) is 12.8 Å². The Morgan fingerprint density at radius 2 is 2.22 bits per heavy atom. The normalized spacial score (nSPS) is 15.8. The van der Waals surface area contributed by atoms with Crippen molar-refractivity contribution in [2.45, 2.75) is 31.8 Å². The average Bonchev–Trinajstić information content (AvgIpc) is 2.88. The summed E-state index contributed by atoms with van der Waals surface area (Å²) >= 11 is 0. The highest BCUT2D eigenvalue weighted by Gasteiger charge is 2.14. The van der Waals surface area contributed by atoms with E-state index in [-0.39, 0.29) is 5.91 Å². The minimum Gasteiger partial charge on any atom is -0.376 e. The molecule has 0 aromatic carbocycles. The number of aromatic nitrogens is 1. The first kappa shape index (κ1) is 13.0. The van der Waals surface area contributed by atoms with Crippen molar-refractivity contribution in [1.82, 2.24) is 10.3 Å². The topological polar surface area (TPSA) is 51.2 Å².